The Morgan fingerprint density at radius 3 is 2.72 bits per heavy atom. The highest BCUT2D eigenvalue weighted by Crippen LogP contribution is 2.32. The van der Waals surface area contributed by atoms with E-state index in [0.29, 0.717) is 5.69 Å². The average Bonchev–Trinajstić information content (AvgIpc) is 2.34. The second kappa shape index (κ2) is 5.88. The van der Waals surface area contributed by atoms with Crippen LogP contribution in [0.1, 0.15) is 12.8 Å². The van der Waals surface area contributed by atoms with Crippen molar-refractivity contribution in [2.24, 2.45) is 0 Å². The molecule has 0 aliphatic carbocycles. The minimum absolute atomic E-state index is 0.214. The highest BCUT2D eigenvalue weighted by molar-refractivity contribution is 9.10. The summed E-state index contributed by atoms with van der Waals surface area (Å²) in [5, 5.41) is 14.1. The molecule has 1 saturated heterocycles. The molecule has 0 atom stereocenters. The van der Waals surface area contributed by atoms with Gasteiger partial charge in [0.1, 0.15) is 11.5 Å². The lowest BCUT2D eigenvalue weighted by molar-refractivity contribution is -0.384. The van der Waals surface area contributed by atoms with Crippen molar-refractivity contribution in [1.29, 1.82) is 0 Å². The van der Waals surface area contributed by atoms with Gasteiger partial charge in [0.05, 0.1) is 15.5 Å². The molecule has 0 radical (unpaired) electrons. The maximum Gasteiger partial charge on any atom is 0.295 e. The highest BCUT2D eigenvalue weighted by atomic mass is 79.9. The van der Waals surface area contributed by atoms with Crippen LogP contribution < -0.4 is 5.32 Å². The molecule has 1 aromatic carbocycles. The van der Waals surface area contributed by atoms with Crippen molar-refractivity contribution in [3.05, 3.63) is 32.5 Å². The Kier molecular flexibility index (Phi) is 4.45. The second-order valence-electron chi connectivity index (χ2n) is 4.07. The van der Waals surface area contributed by atoms with Crippen LogP contribution in [0.2, 0.25) is 0 Å². The lowest BCUT2D eigenvalue weighted by Crippen LogP contribution is -2.24. The fraction of sp³-hybridized carbons (Fsp3) is 0.455. The first-order valence-corrected chi connectivity index (χ1v) is 7.50. The maximum absolute atomic E-state index is 13.3. The van der Waals surface area contributed by atoms with Crippen molar-refractivity contribution < 1.29 is 9.31 Å². The molecule has 1 aliphatic heterocycles. The number of hydrogen-bond donors (Lipinski definition) is 1. The molecule has 18 heavy (non-hydrogen) atoms. The van der Waals surface area contributed by atoms with Crippen LogP contribution in [0.15, 0.2) is 16.6 Å². The predicted molar refractivity (Wildman–Crippen MR) is 74.7 cm³/mol. The molecular weight excluding hydrogens is 323 g/mol. The first kappa shape index (κ1) is 13.6. The Hall–Kier alpha value is -0.820. The number of nitro groups is 1. The zero-order valence-electron chi connectivity index (χ0n) is 9.49. The number of thioether (sulfide) groups is 1. The first-order chi connectivity index (χ1) is 8.58. The second-order valence-corrected chi connectivity index (χ2v) is 6.15. The maximum atomic E-state index is 13.3. The van der Waals surface area contributed by atoms with Gasteiger partial charge in [-0.1, -0.05) is 0 Å². The number of nitro benzene ring substituents is 1. The molecule has 4 nitrogen and oxygen atoms in total. The molecule has 0 amide bonds. The van der Waals surface area contributed by atoms with E-state index in [1.807, 2.05) is 11.8 Å². The zero-order chi connectivity index (χ0) is 13.1. The lowest BCUT2D eigenvalue weighted by Gasteiger charge is -2.23. The fourth-order valence-electron chi connectivity index (χ4n) is 1.86. The first-order valence-electron chi connectivity index (χ1n) is 5.55. The van der Waals surface area contributed by atoms with E-state index in [1.54, 1.807) is 0 Å². The van der Waals surface area contributed by atoms with Crippen molar-refractivity contribution in [1.82, 2.24) is 0 Å². The summed E-state index contributed by atoms with van der Waals surface area (Å²) in [6.07, 6.45) is 1.94. The molecule has 0 bridgehead atoms. The van der Waals surface area contributed by atoms with Crippen LogP contribution in [0.3, 0.4) is 0 Å². The van der Waals surface area contributed by atoms with Crippen molar-refractivity contribution >= 4 is 39.1 Å². The van der Waals surface area contributed by atoms with Gasteiger partial charge >= 0.3 is 0 Å². The molecule has 7 heteroatoms. The number of nitrogens with zero attached hydrogens (tertiary/aromatic N) is 1. The Bertz CT molecular complexity index is 467. The highest BCUT2D eigenvalue weighted by Gasteiger charge is 2.21. The van der Waals surface area contributed by atoms with Gasteiger partial charge in [0, 0.05) is 6.04 Å². The van der Waals surface area contributed by atoms with Gasteiger partial charge in [-0.15, -0.1) is 0 Å². The van der Waals surface area contributed by atoms with Crippen LogP contribution in [0.5, 0.6) is 0 Å². The lowest BCUT2D eigenvalue weighted by atomic mass is 10.1. The quantitative estimate of drug-likeness (QED) is 0.674. The summed E-state index contributed by atoms with van der Waals surface area (Å²) in [6, 6.07) is 2.61. The summed E-state index contributed by atoms with van der Waals surface area (Å²) in [5.41, 5.74) is 0.166. The Morgan fingerprint density at radius 2 is 2.11 bits per heavy atom. The molecule has 98 valence electrons. The van der Waals surface area contributed by atoms with E-state index < -0.39 is 10.7 Å². The molecule has 1 heterocycles. The van der Waals surface area contributed by atoms with Crippen molar-refractivity contribution in [2.75, 3.05) is 16.8 Å². The molecule has 2 rings (SSSR count). The molecule has 0 aromatic heterocycles. The van der Waals surface area contributed by atoms with Crippen LogP contribution >= 0.6 is 27.7 Å². The molecule has 1 N–H and O–H groups in total. The SMILES string of the molecule is O=[N+]([O-])c1cc(F)c(Br)cc1NC1CCSCC1. The number of benzene rings is 1. The van der Waals surface area contributed by atoms with E-state index in [9.17, 15) is 14.5 Å². The topological polar surface area (TPSA) is 55.2 Å². The van der Waals surface area contributed by atoms with Gasteiger partial charge in [0.2, 0.25) is 0 Å². The van der Waals surface area contributed by atoms with E-state index in [4.69, 9.17) is 0 Å². The molecule has 0 spiro atoms. The summed E-state index contributed by atoms with van der Waals surface area (Å²) in [5.74, 6) is 1.48. The molecule has 1 aliphatic rings. The summed E-state index contributed by atoms with van der Waals surface area (Å²) in [4.78, 5) is 10.3. The molecule has 1 fully saturated rings. The Labute approximate surface area is 117 Å². The summed E-state index contributed by atoms with van der Waals surface area (Å²) < 4.78 is 13.6. The summed E-state index contributed by atoms with van der Waals surface area (Å²) in [6.45, 7) is 0. The van der Waals surface area contributed by atoms with E-state index >= 15 is 0 Å². The molecular formula is C11H12BrFN2O2S. The van der Waals surface area contributed by atoms with E-state index in [-0.39, 0.29) is 16.2 Å². The van der Waals surface area contributed by atoms with Gasteiger partial charge < -0.3 is 5.32 Å². The monoisotopic (exact) mass is 334 g/mol. The van der Waals surface area contributed by atoms with Gasteiger partial charge in [-0.05, 0) is 46.3 Å². The molecule has 0 unspecified atom stereocenters. The van der Waals surface area contributed by atoms with Crippen LogP contribution in [-0.2, 0) is 0 Å². The third-order valence-electron chi connectivity index (χ3n) is 2.82. The summed E-state index contributed by atoms with van der Waals surface area (Å²) >= 11 is 4.93. The van der Waals surface area contributed by atoms with Crippen molar-refractivity contribution in [2.45, 2.75) is 18.9 Å². The largest absolute Gasteiger partial charge is 0.377 e. The van der Waals surface area contributed by atoms with Gasteiger partial charge in [-0.25, -0.2) is 4.39 Å². The molecule has 1 aromatic rings. The van der Waals surface area contributed by atoms with Gasteiger partial charge in [0.15, 0.2) is 0 Å². The number of anilines is 1. The van der Waals surface area contributed by atoms with Crippen LogP contribution in [0.4, 0.5) is 15.8 Å². The van der Waals surface area contributed by atoms with E-state index in [2.05, 4.69) is 21.2 Å². The minimum Gasteiger partial charge on any atom is -0.377 e. The minimum atomic E-state index is -0.619. The Balaban J connectivity index is 2.24. The smallest absolute Gasteiger partial charge is 0.295 e. The number of nitrogens with one attached hydrogen (secondary N) is 1. The average molecular weight is 335 g/mol. The normalized spacial score (nSPS) is 16.6. The van der Waals surface area contributed by atoms with Crippen LogP contribution in [0.25, 0.3) is 0 Å². The molecule has 0 saturated carbocycles. The third kappa shape index (κ3) is 3.14. The van der Waals surface area contributed by atoms with Crippen molar-refractivity contribution in [3.63, 3.8) is 0 Å². The standard InChI is InChI=1S/C11H12BrFN2O2S/c12-8-5-10(11(15(16)17)6-9(8)13)14-7-1-3-18-4-2-7/h5-7,14H,1-4H2. The van der Waals surface area contributed by atoms with E-state index in [0.717, 1.165) is 30.4 Å². The van der Waals surface area contributed by atoms with E-state index in [1.165, 1.54) is 6.07 Å². The van der Waals surface area contributed by atoms with Gasteiger partial charge in [-0.2, -0.15) is 11.8 Å². The Morgan fingerprint density at radius 1 is 1.44 bits per heavy atom. The van der Waals surface area contributed by atoms with Crippen LogP contribution in [0, 0.1) is 15.9 Å². The number of halogens is 2. The zero-order valence-corrected chi connectivity index (χ0v) is 11.9. The fourth-order valence-corrected chi connectivity index (χ4v) is 3.31. The van der Waals surface area contributed by atoms with Gasteiger partial charge in [0.25, 0.3) is 5.69 Å². The van der Waals surface area contributed by atoms with Crippen molar-refractivity contribution in [3.8, 4) is 0 Å². The predicted octanol–water partition coefficient (Wildman–Crippen LogP) is 3.80. The number of rotatable bonds is 3. The third-order valence-corrected chi connectivity index (χ3v) is 4.47. The number of hydrogen-bond acceptors (Lipinski definition) is 4. The van der Waals surface area contributed by atoms with Gasteiger partial charge in [-0.3, -0.25) is 10.1 Å². The summed E-state index contributed by atoms with van der Waals surface area (Å²) in [7, 11) is 0. The van der Waals surface area contributed by atoms with Crippen LogP contribution in [-0.4, -0.2) is 22.5 Å².